The van der Waals surface area contributed by atoms with Crippen LogP contribution in [0.4, 0.5) is 22.0 Å². The first-order chi connectivity index (χ1) is 12.5. The van der Waals surface area contributed by atoms with Crippen LogP contribution in [0.15, 0.2) is 42.5 Å². The van der Waals surface area contributed by atoms with Crippen LogP contribution in [0.2, 0.25) is 0 Å². The van der Waals surface area contributed by atoms with Gasteiger partial charge in [-0.2, -0.15) is 13.2 Å². The highest BCUT2D eigenvalue weighted by Crippen LogP contribution is 2.43. The molecule has 1 heterocycles. The molecular formula is C20H16F5NO. The van der Waals surface area contributed by atoms with Gasteiger partial charge in [0.2, 0.25) is 5.92 Å². The van der Waals surface area contributed by atoms with E-state index in [4.69, 9.17) is 0 Å². The topological polar surface area (TPSA) is 30.0 Å². The highest BCUT2D eigenvalue weighted by molar-refractivity contribution is 5.95. The highest BCUT2D eigenvalue weighted by Gasteiger charge is 2.47. The fourth-order valence-electron chi connectivity index (χ4n) is 2.97. The van der Waals surface area contributed by atoms with Crippen molar-refractivity contribution in [3.8, 4) is 11.3 Å². The number of allylic oxidation sites excluding steroid dienone is 1. The predicted octanol–water partition coefficient (Wildman–Crippen LogP) is 5.70. The molecule has 142 valence electrons. The van der Waals surface area contributed by atoms with E-state index >= 15 is 0 Å². The van der Waals surface area contributed by atoms with E-state index in [1.54, 1.807) is 31.2 Å². The minimum atomic E-state index is -4.46. The molecule has 3 rings (SSSR count). The Morgan fingerprint density at radius 3 is 2.52 bits per heavy atom. The van der Waals surface area contributed by atoms with Gasteiger partial charge < -0.3 is 0 Å². The molecular weight excluding hydrogens is 365 g/mol. The smallest absolute Gasteiger partial charge is 0.295 e. The predicted molar refractivity (Wildman–Crippen MR) is 91.1 cm³/mol. The van der Waals surface area contributed by atoms with Gasteiger partial charge in [0, 0.05) is 24.3 Å². The fourth-order valence-corrected chi connectivity index (χ4v) is 2.97. The number of rotatable bonds is 4. The average Bonchev–Trinajstić information content (AvgIpc) is 2.56. The van der Waals surface area contributed by atoms with Crippen LogP contribution < -0.4 is 0 Å². The molecule has 0 bridgehead atoms. The van der Waals surface area contributed by atoms with E-state index < -0.39 is 42.2 Å². The van der Waals surface area contributed by atoms with E-state index in [-0.39, 0.29) is 0 Å². The van der Waals surface area contributed by atoms with Crippen molar-refractivity contribution in [1.29, 1.82) is 0 Å². The molecule has 27 heavy (non-hydrogen) atoms. The third kappa shape index (κ3) is 4.59. The Hall–Kier alpha value is -2.57. The van der Waals surface area contributed by atoms with E-state index in [1.165, 1.54) is 12.2 Å². The number of nitrogens with zero attached hydrogens (tertiary/aromatic N) is 1. The van der Waals surface area contributed by atoms with Crippen LogP contribution in [0.5, 0.6) is 0 Å². The number of aromatic nitrogens is 1. The SMILES string of the molecule is Cc1cc(-c2cccc(/C=C/C(=O)C3CC(F)(F)C3)n2)cc(C(F)(F)F)c1. The number of pyridine rings is 1. The summed E-state index contributed by atoms with van der Waals surface area (Å²) in [6.45, 7) is 1.57. The maximum absolute atomic E-state index is 13.0. The molecule has 0 spiro atoms. The van der Waals surface area contributed by atoms with Gasteiger partial charge in [0.1, 0.15) is 0 Å². The summed E-state index contributed by atoms with van der Waals surface area (Å²) in [6, 6.07) is 8.43. The molecule has 7 heteroatoms. The fraction of sp³-hybridized carbons (Fsp3) is 0.300. The van der Waals surface area contributed by atoms with Crippen LogP contribution in [0, 0.1) is 12.8 Å². The van der Waals surface area contributed by atoms with Crippen LogP contribution in [-0.2, 0) is 11.0 Å². The van der Waals surface area contributed by atoms with Crippen molar-refractivity contribution in [2.45, 2.75) is 31.9 Å². The van der Waals surface area contributed by atoms with E-state index in [0.717, 1.165) is 12.1 Å². The molecule has 0 amide bonds. The van der Waals surface area contributed by atoms with Crippen molar-refractivity contribution in [3.05, 3.63) is 59.3 Å². The third-order valence-corrected chi connectivity index (χ3v) is 4.38. The maximum Gasteiger partial charge on any atom is 0.416 e. The number of hydrogen-bond donors (Lipinski definition) is 0. The Balaban J connectivity index is 1.81. The molecule has 0 atom stereocenters. The van der Waals surface area contributed by atoms with Crippen molar-refractivity contribution in [2.75, 3.05) is 0 Å². The summed E-state index contributed by atoms with van der Waals surface area (Å²) in [6.07, 6.45) is -2.78. The zero-order valence-corrected chi connectivity index (χ0v) is 14.4. The van der Waals surface area contributed by atoms with Crippen molar-refractivity contribution in [1.82, 2.24) is 4.98 Å². The van der Waals surface area contributed by atoms with Gasteiger partial charge in [0.15, 0.2) is 5.78 Å². The van der Waals surface area contributed by atoms with Crippen LogP contribution in [0.3, 0.4) is 0 Å². The number of hydrogen-bond acceptors (Lipinski definition) is 2. The molecule has 0 saturated heterocycles. The Morgan fingerprint density at radius 1 is 1.19 bits per heavy atom. The number of alkyl halides is 5. The van der Waals surface area contributed by atoms with Gasteiger partial charge in [-0.1, -0.05) is 6.07 Å². The number of aryl methyl sites for hydroxylation is 1. The number of benzene rings is 1. The molecule has 0 N–H and O–H groups in total. The first kappa shape index (κ1) is 19.2. The second-order valence-corrected chi connectivity index (χ2v) is 6.73. The molecule has 1 aromatic heterocycles. The van der Waals surface area contributed by atoms with Gasteiger partial charge in [0.05, 0.1) is 17.0 Å². The van der Waals surface area contributed by atoms with Gasteiger partial charge in [-0.25, -0.2) is 13.8 Å². The summed E-state index contributed by atoms with van der Waals surface area (Å²) in [7, 11) is 0. The largest absolute Gasteiger partial charge is 0.416 e. The normalized spacial score (nSPS) is 17.1. The lowest BCUT2D eigenvalue weighted by molar-refractivity contribution is -0.143. The van der Waals surface area contributed by atoms with Crippen LogP contribution in [0.25, 0.3) is 17.3 Å². The van der Waals surface area contributed by atoms with E-state index in [1.807, 2.05) is 0 Å². The lowest BCUT2D eigenvalue weighted by Gasteiger charge is -2.32. The Labute approximate surface area is 152 Å². The molecule has 0 aliphatic heterocycles. The van der Waals surface area contributed by atoms with Gasteiger partial charge >= 0.3 is 6.18 Å². The van der Waals surface area contributed by atoms with E-state index in [9.17, 15) is 26.7 Å². The molecule has 1 aromatic carbocycles. The standard InChI is InChI=1S/C20H16F5NO/c1-12-7-13(9-15(8-12)20(23,24)25)17-4-2-3-16(26-17)5-6-18(27)14-10-19(21,22)11-14/h2-9,14H,10-11H2,1H3/b6-5+. The van der Waals surface area contributed by atoms with Crippen LogP contribution in [0.1, 0.15) is 29.7 Å². The van der Waals surface area contributed by atoms with Gasteiger partial charge in [-0.05, 0) is 55.0 Å². The van der Waals surface area contributed by atoms with Crippen molar-refractivity contribution >= 4 is 11.9 Å². The Morgan fingerprint density at radius 2 is 1.89 bits per heavy atom. The minimum absolute atomic E-state index is 0.308. The van der Waals surface area contributed by atoms with Crippen molar-refractivity contribution < 1.29 is 26.7 Å². The van der Waals surface area contributed by atoms with Gasteiger partial charge in [-0.15, -0.1) is 0 Å². The number of ketones is 1. The summed E-state index contributed by atoms with van der Waals surface area (Å²) >= 11 is 0. The van der Waals surface area contributed by atoms with Crippen LogP contribution >= 0.6 is 0 Å². The molecule has 1 aliphatic rings. The zero-order chi connectivity index (χ0) is 19.8. The van der Waals surface area contributed by atoms with Crippen LogP contribution in [-0.4, -0.2) is 16.7 Å². The molecule has 0 unspecified atom stereocenters. The quantitative estimate of drug-likeness (QED) is 0.502. The lowest BCUT2D eigenvalue weighted by atomic mass is 9.78. The Kier molecular flexibility index (Phi) is 4.88. The molecule has 1 fully saturated rings. The second kappa shape index (κ2) is 6.87. The average molecular weight is 381 g/mol. The third-order valence-electron chi connectivity index (χ3n) is 4.38. The van der Waals surface area contributed by atoms with Gasteiger partial charge in [0.25, 0.3) is 0 Å². The monoisotopic (exact) mass is 381 g/mol. The summed E-state index contributed by atoms with van der Waals surface area (Å²) in [5, 5.41) is 0. The summed E-state index contributed by atoms with van der Waals surface area (Å²) < 4.78 is 64.7. The van der Waals surface area contributed by atoms with Crippen molar-refractivity contribution in [3.63, 3.8) is 0 Å². The minimum Gasteiger partial charge on any atom is -0.295 e. The first-order valence-electron chi connectivity index (χ1n) is 8.30. The molecule has 1 aliphatic carbocycles. The van der Waals surface area contributed by atoms with E-state index in [2.05, 4.69) is 4.98 Å². The maximum atomic E-state index is 13.0. The van der Waals surface area contributed by atoms with E-state index in [0.29, 0.717) is 22.5 Å². The molecule has 1 saturated carbocycles. The lowest BCUT2D eigenvalue weighted by Crippen LogP contribution is -2.39. The molecule has 2 nitrogen and oxygen atoms in total. The number of halogens is 5. The van der Waals surface area contributed by atoms with Crippen molar-refractivity contribution in [2.24, 2.45) is 5.92 Å². The Bertz CT molecular complexity index is 893. The molecule has 2 aromatic rings. The summed E-state index contributed by atoms with van der Waals surface area (Å²) in [5.74, 6) is -3.86. The number of carbonyl (C=O) groups excluding carboxylic acids is 1. The number of carbonyl (C=O) groups is 1. The first-order valence-corrected chi connectivity index (χ1v) is 8.30. The zero-order valence-electron chi connectivity index (χ0n) is 14.4. The summed E-state index contributed by atoms with van der Waals surface area (Å²) in [4.78, 5) is 16.1. The summed E-state index contributed by atoms with van der Waals surface area (Å²) in [5.41, 5.74) is 0.684. The molecule has 0 radical (unpaired) electrons. The highest BCUT2D eigenvalue weighted by atomic mass is 19.4. The second-order valence-electron chi connectivity index (χ2n) is 6.73. The van der Waals surface area contributed by atoms with Gasteiger partial charge in [-0.3, -0.25) is 4.79 Å².